The molecule has 0 amide bonds. The molecule has 1 fully saturated rings. The molecule has 1 aromatic carbocycles. The molecule has 4 heteroatoms. The van der Waals surface area contributed by atoms with E-state index in [2.05, 4.69) is 5.32 Å². The molecule has 3 nitrogen and oxygen atoms in total. The topological polar surface area (TPSA) is 49.3 Å². The monoisotopic (exact) mass is 209 g/mol. The normalized spacial score (nSPS) is 17.4. The Hall–Kier alpha value is -1.42. The molecular weight excluding hydrogens is 197 g/mol. The molecule has 0 aliphatic heterocycles. The van der Waals surface area contributed by atoms with Crippen LogP contribution in [-0.2, 0) is 4.79 Å². The van der Waals surface area contributed by atoms with E-state index in [1.807, 2.05) is 0 Å². The molecular formula is C11H12FNO2. The van der Waals surface area contributed by atoms with Gasteiger partial charge in [-0.3, -0.25) is 10.1 Å². The van der Waals surface area contributed by atoms with E-state index < -0.39 is 12.0 Å². The van der Waals surface area contributed by atoms with E-state index in [9.17, 15) is 9.18 Å². The summed E-state index contributed by atoms with van der Waals surface area (Å²) in [5, 5.41) is 12.0. The number of benzene rings is 1. The molecule has 1 atom stereocenters. The van der Waals surface area contributed by atoms with E-state index in [1.165, 1.54) is 24.3 Å². The lowest BCUT2D eigenvalue weighted by Gasteiger charge is -2.13. The van der Waals surface area contributed by atoms with Crippen LogP contribution < -0.4 is 5.32 Å². The lowest BCUT2D eigenvalue weighted by atomic mass is 10.1. The largest absolute Gasteiger partial charge is 0.480 e. The van der Waals surface area contributed by atoms with Crippen molar-refractivity contribution in [1.82, 2.24) is 5.32 Å². The average Bonchev–Trinajstić information content (AvgIpc) is 2.99. The van der Waals surface area contributed by atoms with Crippen molar-refractivity contribution in [3.8, 4) is 0 Å². The zero-order valence-corrected chi connectivity index (χ0v) is 8.11. The van der Waals surface area contributed by atoms with Crippen LogP contribution in [-0.4, -0.2) is 17.1 Å². The maximum Gasteiger partial charge on any atom is 0.325 e. The van der Waals surface area contributed by atoms with Gasteiger partial charge in [0.1, 0.15) is 11.9 Å². The van der Waals surface area contributed by atoms with Crippen LogP contribution in [0.3, 0.4) is 0 Å². The Bertz CT molecular complexity index is 359. The SMILES string of the molecule is O=C(O)C(NC1CC1)c1ccc(F)cc1. The Morgan fingerprint density at radius 3 is 2.47 bits per heavy atom. The van der Waals surface area contributed by atoms with Crippen molar-refractivity contribution < 1.29 is 14.3 Å². The lowest BCUT2D eigenvalue weighted by Crippen LogP contribution is -2.30. The van der Waals surface area contributed by atoms with Gasteiger partial charge in [0.15, 0.2) is 0 Å². The van der Waals surface area contributed by atoms with E-state index in [-0.39, 0.29) is 5.82 Å². The quantitative estimate of drug-likeness (QED) is 0.793. The van der Waals surface area contributed by atoms with Crippen LogP contribution in [0.25, 0.3) is 0 Å². The number of nitrogens with one attached hydrogen (secondary N) is 1. The molecule has 1 aliphatic rings. The van der Waals surface area contributed by atoms with E-state index in [1.54, 1.807) is 0 Å². The van der Waals surface area contributed by atoms with Gasteiger partial charge in [-0.05, 0) is 30.5 Å². The van der Waals surface area contributed by atoms with Crippen molar-refractivity contribution in [3.63, 3.8) is 0 Å². The molecule has 0 spiro atoms. The molecule has 15 heavy (non-hydrogen) atoms. The fourth-order valence-corrected chi connectivity index (χ4v) is 1.45. The van der Waals surface area contributed by atoms with Gasteiger partial charge in [0.2, 0.25) is 0 Å². The van der Waals surface area contributed by atoms with Crippen molar-refractivity contribution in [3.05, 3.63) is 35.6 Å². The number of hydrogen-bond donors (Lipinski definition) is 2. The molecule has 2 N–H and O–H groups in total. The number of carboxylic acid groups (broad SMARTS) is 1. The second kappa shape index (κ2) is 3.98. The molecule has 2 rings (SSSR count). The number of carbonyl (C=O) groups is 1. The van der Waals surface area contributed by atoms with Gasteiger partial charge in [-0.1, -0.05) is 12.1 Å². The minimum Gasteiger partial charge on any atom is -0.480 e. The molecule has 0 bridgehead atoms. The van der Waals surface area contributed by atoms with Gasteiger partial charge in [-0.15, -0.1) is 0 Å². The summed E-state index contributed by atoms with van der Waals surface area (Å²) in [6, 6.07) is 5.14. The maximum absolute atomic E-state index is 12.7. The van der Waals surface area contributed by atoms with E-state index >= 15 is 0 Å². The first kappa shape index (κ1) is 10.1. The third-order valence-electron chi connectivity index (χ3n) is 2.43. The summed E-state index contributed by atoms with van der Waals surface area (Å²) in [4.78, 5) is 11.0. The summed E-state index contributed by atoms with van der Waals surface area (Å²) < 4.78 is 12.7. The van der Waals surface area contributed by atoms with Gasteiger partial charge in [0, 0.05) is 6.04 Å². The highest BCUT2D eigenvalue weighted by Gasteiger charge is 2.29. The second-order valence-corrected chi connectivity index (χ2v) is 3.76. The van der Waals surface area contributed by atoms with Crippen LogP contribution in [0.5, 0.6) is 0 Å². The fraction of sp³-hybridized carbons (Fsp3) is 0.364. The Labute approximate surface area is 86.9 Å². The number of hydrogen-bond acceptors (Lipinski definition) is 2. The predicted molar refractivity (Wildman–Crippen MR) is 52.9 cm³/mol. The molecule has 0 aromatic heterocycles. The first-order chi connectivity index (χ1) is 7.16. The van der Waals surface area contributed by atoms with Crippen molar-refractivity contribution in [1.29, 1.82) is 0 Å². The van der Waals surface area contributed by atoms with Gasteiger partial charge in [0.05, 0.1) is 0 Å². The van der Waals surface area contributed by atoms with Crippen molar-refractivity contribution in [2.75, 3.05) is 0 Å². The van der Waals surface area contributed by atoms with Gasteiger partial charge in [-0.25, -0.2) is 4.39 Å². The Morgan fingerprint density at radius 2 is 2.00 bits per heavy atom. The van der Waals surface area contributed by atoms with Gasteiger partial charge < -0.3 is 5.11 Å². The van der Waals surface area contributed by atoms with Gasteiger partial charge >= 0.3 is 5.97 Å². The lowest BCUT2D eigenvalue weighted by molar-refractivity contribution is -0.139. The molecule has 0 saturated heterocycles. The Kier molecular flexibility index (Phi) is 2.68. The predicted octanol–water partition coefficient (Wildman–Crippen LogP) is 1.70. The molecule has 0 radical (unpaired) electrons. The first-order valence-electron chi connectivity index (χ1n) is 4.91. The average molecular weight is 209 g/mol. The third kappa shape index (κ3) is 2.53. The van der Waals surface area contributed by atoms with Crippen LogP contribution in [0.4, 0.5) is 4.39 Å². The number of aliphatic carboxylic acids is 1. The van der Waals surface area contributed by atoms with E-state index in [0.717, 1.165) is 12.8 Å². The zero-order chi connectivity index (χ0) is 10.8. The highest BCUT2D eigenvalue weighted by molar-refractivity contribution is 5.75. The summed E-state index contributed by atoms with van der Waals surface area (Å²) in [5.74, 6) is -1.28. The Morgan fingerprint density at radius 1 is 1.40 bits per heavy atom. The second-order valence-electron chi connectivity index (χ2n) is 3.76. The third-order valence-corrected chi connectivity index (χ3v) is 2.43. The molecule has 1 saturated carbocycles. The van der Waals surface area contributed by atoms with E-state index in [0.29, 0.717) is 11.6 Å². The van der Waals surface area contributed by atoms with Crippen LogP contribution in [0.15, 0.2) is 24.3 Å². The van der Waals surface area contributed by atoms with E-state index in [4.69, 9.17) is 5.11 Å². The van der Waals surface area contributed by atoms with Crippen LogP contribution in [0.2, 0.25) is 0 Å². The highest BCUT2D eigenvalue weighted by atomic mass is 19.1. The van der Waals surface area contributed by atoms with Crippen molar-refractivity contribution in [2.24, 2.45) is 0 Å². The number of rotatable bonds is 4. The summed E-state index contributed by atoms with van der Waals surface area (Å²) in [7, 11) is 0. The number of halogens is 1. The van der Waals surface area contributed by atoms with Crippen LogP contribution in [0, 0.1) is 5.82 Å². The fourth-order valence-electron chi connectivity index (χ4n) is 1.45. The van der Waals surface area contributed by atoms with Gasteiger partial charge in [-0.2, -0.15) is 0 Å². The standard InChI is InChI=1S/C11H12FNO2/c12-8-3-1-7(2-4-8)10(11(14)15)13-9-5-6-9/h1-4,9-10,13H,5-6H2,(H,14,15). The minimum absolute atomic E-state index is 0.302. The minimum atomic E-state index is -0.923. The first-order valence-corrected chi connectivity index (χ1v) is 4.91. The molecule has 0 heterocycles. The highest BCUT2D eigenvalue weighted by Crippen LogP contribution is 2.24. The molecule has 80 valence electrons. The number of carboxylic acids is 1. The maximum atomic E-state index is 12.7. The Balaban J connectivity index is 2.15. The van der Waals surface area contributed by atoms with Gasteiger partial charge in [0.25, 0.3) is 0 Å². The summed E-state index contributed by atoms with van der Waals surface area (Å²) in [6.45, 7) is 0. The molecule has 1 aromatic rings. The summed E-state index contributed by atoms with van der Waals surface area (Å²) >= 11 is 0. The smallest absolute Gasteiger partial charge is 0.325 e. The van der Waals surface area contributed by atoms with Crippen molar-refractivity contribution in [2.45, 2.75) is 24.9 Å². The molecule has 1 aliphatic carbocycles. The van der Waals surface area contributed by atoms with Crippen LogP contribution in [0.1, 0.15) is 24.4 Å². The summed E-state index contributed by atoms with van der Waals surface area (Å²) in [5.41, 5.74) is 0.593. The zero-order valence-electron chi connectivity index (χ0n) is 8.11. The van der Waals surface area contributed by atoms with Crippen LogP contribution >= 0.6 is 0 Å². The van der Waals surface area contributed by atoms with Crippen molar-refractivity contribution >= 4 is 5.97 Å². The molecule has 1 unspecified atom stereocenters. The summed E-state index contributed by atoms with van der Waals surface area (Å²) in [6.07, 6.45) is 2.04.